The first-order valence-corrected chi connectivity index (χ1v) is 7.38. The van der Waals surface area contributed by atoms with Crippen molar-refractivity contribution >= 4 is 0 Å². The van der Waals surface area contributed by atoms with E-state index in [0.29, 0.717) is 5.92 Å². The lowest BCUT2D eigenvalue weighted by molar-refractivity contribution is 0.0879. The Hall–Kier alpha value is -1.26. The number of rotatable bonds is 6. The average Bonchev–Trinajstić information content (AvgIpc) is 3.21. The third-order valence-corrected chi connectivity index (χ3v) is 4.20. The van der Waals surface area contributed by atoms with Gasteiger partial charge in [0.05, 0.1) is 20.3 Å². The molecule has 1 saturated heterocycles. The van der Waals surface area contributed by atoms with Crippen molar-refractivity contribution in [2.75, 3.05) is 27.4 Å². The maximum Gasteiger partial charge on any atom is 0.124 e. The van der Waals surface area contributed by atoms with Gasteiger partial charge in [0.15, 0.2) is 0 Å². The molecule has 20 heavy (non-hydrogen) atoms. The normalized spacial score (nSPS) is 25.7. The summed E-state index contributed by atoms with van der Waals surface area (Å²) in [4.78, 5) is 0. The summed E-state index contributed by atoms with van der Waals surface area (Å²) in [5.41, 5.74) is 1.10. The van der Waals surface area contributed by atoms with Gasteiger partial charge < -0.3 is 19.5 Å². The highest BCUT2D eigenvalue weighted by Gasteiger charge is 2.33. The van der Waals surface area contributed by atoms with Crippen LogP contribution in [0.3, 0.4) is 0 Å². The van der Waals surface area contributed by atoms with Crippen molar-refractivity contribution in [3.8, 4) is 11.5 Å². The van der Waals surface area contributed by atoms with Crippen LogP contribution in [-0.4, -0.2) is 33.4 Å². The van der Waals surface area contributed by atoms with Crippen LogP contribution < -0.4 is 14.8 Å². The molecule has 2 atom stereocenters. The first kappa shape index (κ1) is 13.7. The predicted molar refractivity (Wildman–Crippen MR) is 77.4 cm³/mol. The largest absolute Gasteiger partial charge is 0.497 e. The molecule has 2 unspecified atom stereocenters. The van der Waals surface area contributed by atoms with E-state index < -0.39 is 0 Å². The van der Waals surface area contributed by atoms with Crippen LogP contribution in [0.2, 0.25) is 0 Å². The Morgan fingerprint density at radius 2 is 2.05 bits per heavy atom. The smallest absolute Gasteiger partial charge is 0.124 e. The van der Waals surface area contributed by atoms with Gasteiger partial charge in [0.25, 0.3) is 0 Å². The van der Waals surface area contributed by atoms with Crippen LogP contribution in [0.15, 0.2) is 18.2 Å². The van der Waals surface area contributed by atoms with Gasteiger partial charge in [0.1, 0.15) is 11.5 Å². The molecule has 1 aliphatic carbocycles. The van der Waals surface area contributed by atoms with E-state index in [1.807, 2.05) is 18.2 Å². The maximum absolute atomic E-state index is 5.97. The Bertz CT molecular complexity index is 459. The van der Waals surface area contributed by atoms with Gasteiger partial charge >= 0.3 is 0 Å². The first-order chi connectivity index (χ1) is 9.81. The second-order valence-corrected chi connectivity index (χ2v) is 5.63. The van der Waals surface area contributed by atoms with E-state index in [-0.39, 0.29) is 6.10 Å². The molecular weight excluding hydrogens is 254 g/mol. The van der Waals surface area contributed by atoms with E-state index >= 15 is 0 Å². The Morgan fingerprint density at radius 3 is 2.75 bits per heavy atom. The predicted octanol–water partition coefficient (Wildman–Crippen LogP) is 2.53. The van der Waals surface area contributed by atoms with E-state index in [2.05, 4.69) is 5.32 Å². The molecular formula is C16H23NO3. The van der Waals surface area contributed by atoms with Crippen molar-refractivity contribution in [3.05, 3.63) is 23.8 Å². The summed E-state index contributed by atoms with van der Waals surface area (Å²) in [5.74, 6) is 2.25. The van der Waals surface area contributed by atoms with Crippen LogP contribution in [0.5, 0.6) is 11.5 Å². The highest BCUT2D eigenvalue weighted by Crippen LogP contribution is 2.40. The van der Waals surface area contributed by atoms with Crippen molar-refractivity contribution in [2.45, 2.75) is 31.4 Å². The van der Waals surface area contributed by atoms with Crippen LogP contribution in [0.1, 0.15) is 30.9 Å². The summed E-state index contributed by atoms with van der Waals surface area (Å²) in [5, 5.41) is 3.61. The molecule has 0 spiro atoms. The van der Waals surface area contributed by atoms with Gasteiger partial charge in [-0.05, 0) is 37.5 Å². The van der Waals surface area contributed by atoms with Gasteiger partial charge in [-0.1, -0.05) is 0 Å². The van der Waals surface area contributed by atoms with Crippen LogP contribution in [0.4, 0.5) is 0 Å². The monoisotopic (exact) mass is 277 g/mol. The molecule has 0 radical (unpaired) electrons. The van der Waals surface area contributed by atoms with Gasteiger partial charge in [0, 0.05) is 30.7 Å². The molecule has 1 heterocycles. The summed E-state index contributed by atoms with van der Waals surface area (Å²) in [6.07, 6.45) is 3.85. The quantitative estimate of drug-likeness (QED) is 0.867. The molecule has 0 amide bonds. The van der Waals surface area contributed by atoms with E-state index in [1.165, 1.54) is 12.8 Å². The van der Waals surface area contributed by atoms with Crippen LogP contribution in [0.25, 0.3) is 0 Å². The molecule has 3 rings (SSSR count). The summed E-state index contributed by atoms with van der Waals surface area (Å²) >= 11 is 0. The van der Waals surface area contributed by atoms with Crippen molar-refractivity contribution in [1.29, 1.82) is 0 Å². The summed E-state index contributed by atoms with van der Waals surface area (Å²) in [7, 11) is 3.39. The van der Waals surface area contributed by atoms with Gasteiger partial charge in [0.2, 0.25) is 0 Å². The fourth-order valence-electron chi connectivity index (χ4n) is 2.85. The minimum Gasteiger partial charge on any atom is -0.497 e. The zero-order chi connectivity index (χ0) is 13.9. The number of nitrogens with one attached hydrogen (secondary N) is 1. The third kappa shape index (κ3) is 2.91. The van der Waals surface area contributed by atoms with Crippen molar-refractivity contribution in [2.24, 2.45) is 5.92 Å². The Kier molecular flexibility index (Phi) is 4.13. The molecule has 1 saturated carbocycles. The van der Waals surface area contributed by atoms with Crippen molar-refractivity contribution in [1.82, 2.24) is 5.32 Å². The highest BCUT2D eigenvalue weighted by molar-refractivity contribution is 5.42. The molecule has 2 fully saturated rings. The van der Waals surface area contributed by atoms with Crippen LogP contribution >= 0.6 is 0 Å². The minimum atomic E-state index is 0.103. The molecule has 1 aromatic rings. The van der Waals surface area contributed by atoms with E-state index in [9.17, 15) is 0 Å². The zero-order valence-corrected chi connectivity index (χ0v) is 12.2. The van der Waals surface area contributed by atoms with Gasteiger partial charge in [-0.3, -0.25) is 0 Å². The van der Waals surface area contributed by atoms with Crippen LogP contribution in [-0.2, 0) is 4.74 Å². The molecule has 4 heteroatoms. The van der Waals surface area contributed by atoms with Gasteiger partial charge in [-0.15, -0.1) is 0 Å². The third-order valence-electron chi connectivity index (χ3n) is 4.20. The molecule has 1 N–H and O–H groups in total. The number of ether oxygens (including phenoxy) is 3. The summed E-state index contributed by atoms with van der Waals surface area (Å²) < 4.78 is 16.8. The molecule has 0 bridgehead atoms. The lowest BCUT2D eigenvalue weighted by Crippen LogP contribution is -2.26. The second kappa shape index (κ2) is 6.02. The molecule has 110 valence electrons. The summed E-state index contributed by atoms with van der Waals surface area (Å²) in [6.45, 7) is 1.84. The minimum absolute atomic E-state index is 0.103. The lowest BCUT2D eigenvalue weighted by atomic mass is 9.94. The molecule has 1 aliphatic heterocycles. The lowest BCUT2D eigenvalue weighted by Gasteiger charge is -2.22. The fourth-order valence-corrected chi connectivity index (χ4v) is 2.85. The SMILES string of the molecule is COc1ccc(OC)c(C2OCCC2CNC2CC2)c1. The van der Waals surface area contributed by atoms with E-state index in [4.69, 9.17) is 14.2 Å². The number of methoxy groups -OCH3 is 2. The Labute approximate surface area is 120 Å². The van der Waals surface area contributed by atoms with Crippen molar-refractivity contribution in [3.63, 3.8) is 0 Å². The molecule has 0 aromatic heterocycles. The number of hydrogen-bond acceptors (Lipinski definition) is 4. The molecule has 2 aliphatic rings. The Morgan fingerprint density at radius 1 is 1.20 bits per heavy atom. The topological polar surface area (TPSA) is 39.7 Å². The number of benzene rings is 1. The maximum atomic E-state index is 5.97. The van der Waals surface area contributed by atoms with Gasteiger partial charge in [-0.2, -0.15) is 0 Å². The first-order valence-electron chi connectivity index (χ1n) is 7.38. The summed E-state index contributed by atoms with van der Waals surface area (Å²) in [6, 6.07) is 6.66. The van der Waals surface area contributed by atoms with E-state index in [0.717, 1.165) is 42.7 Å². The fraction of sp³-hybridized carbons (Fsp3) is 0.625. The zero-order valence-electron chi connectivity index (χ0n) is 12.2. The molecule has 1 aromatic carbocycles. The Balaban J connectivity index is 1.77. The highest BCUT2D eigenvalue weighted by atomic mass is 16.5. The van der Waals surface area contributed by atoms with Gasteiger partial charge in [-0.25, -0.2) is 0 Å². The number of hydrogen-bond donors (Lipinski definition) is 1. The second-order valence-electron chi connectivity index (χ2n) is 5.63. The molecule has 4 nitrogen and oxygen atoms in total. The van der Waals surface area contributed by atoms with E-state index in [1.54, 1.807) is 14.2 Å². The van der Waals surface area contributed by atoms with Crippen LogP contribution in [0, 0.1) is 5.92 Å². The standard InChI is InChI=1S/C16H23NO3/c1-18-13-5-6-15(19-2)14(9-13)16-11(7-8-20-16)10-17-12-3-4-12/h5-6,9,11-12,16-17H,3-4,7-8,10H2,1-2H3. The average molecular weight is 277 g/mol. The van der Waals surface area contributed by atoms with Crippen molar-refractivity contribution < 1.29 is 14.2 Å².